The summed E-state index contributed by atoms with van der Waals surface area (Å²) in [5.41, 5.74) is 8.00. The van der Waals surface area contributed by atoms with Crippen molar-refractivity contribution in [3.05, 3.63) is 59.3 Å². The van der Waals surface area contributed by atoms with Gasteiger partial charge in [-0.05, 0) is 56.4 Å². The Labute approximate surface area is 137 Å². The Morgan fingerprint density at radius 3 is 2.05 bits per heavy atom. The lowest BCUT2D eigenvalue weighted by atomic mass is 9.91. The van der Waals surface area contributed by atoms with Crippen LogP contribution in [0.1, 0.15) is 65.2 Å². The molecule has 1 aromatic carbocycles. The average molecular weight is 297 g/mol. The molecule has 0 N–H and O–H groups in total. The zero-order valence-electron chi connectivity index (χ0n) is 15.4. The zero-order chi connectivity index (χ0) is 17.3. The van der Waals surface area contributed by atoms with Crippen LogP contribution < -0.4 is 0 Å². The Morgan fingerprint density at radius 2 is 1.64 bits per heavy atom. The molecule has 0 bridgehead atoms. The van der Waals surface area contributed by atoms with E-state index < -0.39 is 0 Å². The molecule has 0 aliphatic carbocycles. The first kappa shape index (κ1) is 20.1. The molecule has 0 heterocycles. The minimum absolute atomic E-state index is 0.811. The summed E-state index contributed by atoms with van der Waals surface area (Å²) in [6, 6.07) is 6.59. The molecule has 120 valence electrons. The molecule has 0 radical (unpaired) electrons. The molecule has 0 aromatic heterocycles. The lowest BCUT2D eigenvalue weighted by Gasteiger charge is -2.13. The molecule has 0 amide bonds. The van der Waals surface area contributed by atoms with E-state index in [-0.39, 0.29) is 0 Å². The number of benzene rings is 1. The molecule has 0 saturated heterocycles. The lowest BCUT2D eigenvalue weighted by Crippen LogP contribution is -1.97. The number of allylic oxidation sites excluding steroid dienone is 4. The van der Waals surface area contributed by atoms with Gasteiger partial charge in [0, 0.05) is 11.9 Å². The maximum atomic E-state index is 4.36. The molecule has 0 atom stereocenters. The Balaban J connectivity index is 0.00000211. The minimum Gasteiger partial charge on any atom is -0.262 e. The molecule has 0 aliphatic rings. The fraction of sp³-hybridized carbons (Fsp3) is 0.381. The molecule has 1 aromatic rings. The second-order valence-electron chi connectivity index (χ2n) is 5.42. The topological polar surface area (TPSA) is 12.4 Å². The van der Waals surface area contributed by atoms with Crippen molar-refractivity contribution in [2.45, 2.75) is 54.9 Å². The van der Waals surface area contributed by atoms with Crippen molar-refractivity contribution in [2.24, 2.45) is 4.99 Å². The van der Waals surface area contributed by atoms with Crippen LogP contribution in [-0.4, -0.2) is 6.21 Å². The van der Waals surface area contributed by atoms with Gasteiger partial charge in [-0.3, -0.25) is 4.99 Å². The molecule has 0 aliphatic heterocycles. The van der Waals surface area contributed by atoms with Crippen molar-refractivity contribution in [2.75, 3.05) is 0 Å². The quantitative estimate of drug-likeness (QED) is 0.536. The molecule has 0 spiro atoms. The van der Waals surface area contributed by atoms with E-state index in [1.807, 2.05) is 27.0 Å². The number of hydrogen-bond acceptors (Lipinski definition) is 1. The summed E-state index contributed by atoms with van der Waals surface area (Å²) in [6.45, 7) is 22.3. The van der Waals surface area contributed by atoms with Crippen molar-refractivity contribution >= 4 is 17.4 Å². The third kappa shape index (κ3) is 5.85. The molecule has 0 saturated carbocycles. The van der Waals surface area contributed by atoms with Crippen LogP contribution >= 0.6 is 0 Å². The van der Waals surface area contributed by atoms with Crippen molar-refractivity contribution in [1.29, 1.82) is 0 Å². The predicted molar refractivity (Wildman–Crippen MR) is 103 cm³/mol. The maximum absolute atomic E-state index is 4.36. The molecular formula is C21H31N. The highest BCUT2D eigenvalue weighted by Crippen LogP contribution is 2.27. The second kappa shape index (κ2) is 9.94. The van der Waals surface area contributed by atoms with Gasteiger partial charge in [0.2, 0.25) is 0 Å². The van der Waals surface area contributed by atoms with E-state index >= 15 is 0 Å². The van der Waals surface area contributed by atoms with Crippen molar-refractivity contribution in [3.8, 4) is 0 Å². The smallest absolute Gasteiger partial charge is 0.0348 e. The first-order chi connectivity index (χ1) is 10.4. The number of aliphatic imine (C=N–C) groups is 1. The standard InChI is InChI=1S/C19H25N.C2H6/c1-8-16-9-10-17(18(11-16)13(2)3)19(14(4)5)12-20-15(6)7;1-2/h9-12H,2,6,8H2,1,3-5,7H3;1-2H3. The van der Waals surface area contributed by atoms with Gasteiger partial charge < -0.3 is 0 Å². The van der Waals surface area contributed by atoms with Crippen LogP contribution in [0.5, 0.6) is 0 Å². The van der Waals surface area contributed by atoms with E-state index in [1.165, 1.54) is 22.3 Å². The number of hydrogen-bond donors (Lipinski definition) is 0. The van der Waals surface area contributed by atoms with Gasteiger partial charge in [0.05, 0.1) is 0 Å². The molecule has 22 heavy (non-hydrogen) atoms. The predicted octanol–water partition coefficient (Wildman–Crippen LogP) is 6.71. The molecule has 0 unspecified atom stereocenters. The summed E-state index contributed by atoms with van der Waals surface area (Å²) in [6.07, 6.45) is 2.94. The Bertz CT molecular complexity index is 582. The van der Waals surface area contributed by atoms with Crippen molar-refractivity contribution in [1.82, 2.24) is 0 Å². The maximum Gasteiger partial charge on any atom is 0.0348 e. The summed E-state index contributed by atoms with van der Waals surface area (Å²) in [5.74, 6) is 0. The largest absolute Gasteiger partial charge is 0.262 e. The van der Waals surface area contributed by atoms with Gasteiger partial charge in [-0.2, -0.15) is 0 Å². The molecule has 1 rings (SSSR count). The van der Waals surface area contributed by atoms with E-state index in [2.05, 4.69) is 64.0 Å². The van der Waals surface area contributed by atoms with E-state index in [0.717, 1.165) is 23.3 Å². The number of rotatable bonds is 5. The SMILES string of the molecule is C=C(C)N=CC(=C(C)C)c1ccc(CC)cc1C(=C)C.CC. The third-order valence-corrected chi connectivity index (χ3v) is 3.19. The van der Waals surface area contributed by atoms with E-state index in [9.17, 15) is 0 Å². The van der Waals surface area contributed by atoms with Gasteiger partial charge in [-0.15, -0.1) is 0 Å². The molecule has 1 heteroatoms. The van der Waals surface area contributed by atoms with Crippen LogP contribution in [0, 0.1) is 0 Å². The first-order valence-corrected chi connectivity index (χ1v) is 8.03. The summed E-state index contributed by atoms with van der Waals surface area (Å²) >= 11 is 0. The highest BCUT2D eigenvalue weighted by Gasteiger charge is 2.09. The van der Waals surface area contributed by atoms with E-state index in [4.69, 9.17) is 0 Å². The van der Waals surface area contributed by atoms with Gasteiger partial charge in [0.1, 0.15) is 0 Å². The third-order valence-electron chi connectivity index (χ3n) is 3.19. The van der Waals surface area contributed by atoms with E-state index in [1.54, 1.807) is 0 Å². The first-order valence-electron chi connectivity index (χ1n) is 8.03. The Hall–Kier alpha value is -1.89. The highest BCUT2D eigenvalue weighted by atomic mass is 14.7. The number of aryl methyl sites for hydroxylation is 1. The minimum atomic E-state index is 0.811. The molecular weight excluding hydrogens is 266 g/mol. The van der Waals surface area contributed by atoms with Crippen LogP contribution in [0.25, 0.3) is 11.1 Å². The van der Waals surface area contributed by atoms with Crippen LogP contribution in [-0.2, 0) is 6.42 Å². The summed E-state index contributed by atoms with van der Waals surface area (Å²) in [5, 5.41) is 0. The highest BCUT2D eigenvalue weighted by molar-refractivity contribution is 6.12. The van der Waals surface area contributed by atoms with Gasteiger partial charge in [0.25, 0.3) is 0 Å². The van der Waals surface area contributed by atoms with Crippen molar-refractivity contribution in [3.63, 3.8) is 0 Å². The summed E-state index contributed by atoms with van der Waals surface area (Å²) < 4.78 is 0. The second-order valence-corrected chi connectivity index (χ2v) is 5.42. The lowest BCUT2D eigenvalue weighted by molar-refractivity contribution is 1.13. The fourth-order valence-corrected chi connectivity index (χ4v) is 2.04. The van der Waals surface area contributed by atoms with Gasteiger partial charge >= 0.3 is 0 Å². The Kier molecular flexibility index (Phi) is 9.09. The Morgan fingerprint density at radius 1 is 1.05 bits per heavy atom. The van der Waals surface area contributed by atoms with Gasteiger partial charge in [-0.1, -0.05) is 63.3 Å². The molecule has 0 fully saturated rings. The van der Waals surface area contributed by atoms with E-state index in [0.29, 0.717) is 0 Å². The normalized spacial score (nSPS) is 9.95. The van der Waals surface area contributed by atoms with Crippen LogP contribution in [0.4, 0.5) is 0 Å². The zero-order valence-corrected chi connectivity index (χ0v) is 15.4. The van der Waals surface area contributed by atoms with Crippen LogP contribution in [0.15, 0.2) is 47.6 Å². The summed E-state index contributed by atoms with van der Waals surface area (Å²) in [4.78, 5) is 4.36. The van der Waals surface area contributed by atoms with Gasteiger partial charge in [-0.25, -0.2) is 0 Å². The van der Waals surface area contributed by atoms with Gasteiger partial charge in [0.15, 0.2) is 0 Å². The monoisotopic (exact) mass is 297 g/mol. The van der Waals surface area contributed by atoms with Crippen LogP contribution in [0.2, 0.25) is 0 Å². The fourth-order valence-electron chi connectivity index (χ4n) is 2.04. The van der Waals surface area contributed by atoms with Crippen molar-refractivity contribution < 1.29 is 0 Å². The number of nitrogens with zero attached hydrogens (tertiary/aromatic N) is 1. The van der Waals surface area contributed by atoms with Crippen LogP contribution in [0.3, 0.4) is 0 Å². The molecule has 1 nitrogen and oxygen atoms in total. The average Bonchev–Trinajstić information content (AvgIpc) is 2.48. The summed E-state index contributed by atoms with van der Waals surface area (Å²) in [7, 11) is 0.